The number of hydrogen-bond donors (Lipinski definition) is 2. The van der Waals surface area contributed by atoms with E-state index in [0.717, 1.165) is 29.4 Å². The minimum Gasteiger partial charge on any atom is -0.389 e. The molecule has 1 saturated carbocycles. The molecule has 3 rings (SSSR count). The second-order valence-electron chi connectivity index (χ2n) is 5.99. The highest BCUT2D eigenvalue weighted by molar-refractivity contribution is 6.31. The fourth-order valence-corrected chi connectivity index (χ4v) is 2.61. The zero-order chi connectivity index (χ0) is 15.5. The zero-order valence-corrected chi connectivity index (χ0v) is 13.5. The fourth-order valence-electron chi connectivity index (χ4n) is 2.45. The van der Waals surface area contributed by atoms with Gasteiger partial charge in [-0.25, -0.2) is 4.98 Å². The average Bonchev–Trinajstić information content (AvgIpc) is 3.25. The van der Waals surface area contributed by atoms with Gasteiger partial charge >= 0.3 is 0 Å². The van der Waals surface area contributed by atoms with Crippen LogP contribution in [0.5, 0.6) is 0 Å². The number of aliphatic hydroxyl groups excluding tert-OH is 1. The van der Waals surface area contributed by atoms with E-state index < -0.39 is 6.10 Å². The number of nitrogens with zero attached hydrogens (tertiary/aromatic N) is 2. The Hall–Kier alpha value is -1.14. The summed E-state index contributed by atoms with van der Waals surface area (Å²) in [6, 6.07) is 5.69. The van der Waals surface area contributed by atoms with Gasteiger partial charge in [-0.15, -0.1) is 0 Å². The molecule has 1 aliphatic carbocycles. The summed E-state index contributed by atoms with van der Waals surface area (Å²) >= 11 is 5.99. The molecule has 0 bridgehead atoms. The van der Waals surface area contributed by atoms with Gasteiger partial charge in [-0.3, -0.25) is 0 Å². The van der Waals surface area contributed by atoms with Gasteiger partial charge in [-0.05, 0) is 37.0 Å². The summed E-state index contributed by atoms with van der Waals surface area (Å²) in [6.45, 7) is 2.27. The fraction of sp³-hybridized carbons (Fsp3) is 0.562. The van der Waals surface area contributed by atoms with E-state index in [1.807, 2.05) is 29.8 Å². The number of aromatic nitrogens is 2. The van der Waals surface area contributed by atoms with Crippen molar-refractivity contribution in [3.05, 3.63) is 29.0 Å². The van der Waals surface area contributed by atoms with Gasteiger partial charge < -0.3 is 19.7 Å². The van der Waals surface area contributed by atoms with Crippen LogP contribution in [0.1, 0.15) is 18.7 Å². The molecule has 2 N–H and O–H groups in total. The number of aliphatic hydroxyl groups is 1. The van der Waals surface area contributed by atoms with Gasteiger partial charge in [0, 0.05) is 25.2 Å². The van der Waals surface area contributed by atoms with E-state index >= 15 is 0 Å². The molecule has 2 aromatic rings. The van der Waals surface area contributed by atoms with Crippen LogP contribution < -0.4 is 5.32 Å². The Bertz CT molecular complexity index is 640. The zero-order valence-electron chi connectivity index (χ0n) is 12.8. The lowest BCUT2D eigenvalue weighted by atomic mass is 10.3. The molecule has 1 heterocycles. The summed E-state index contributed by atoms with van der Waals surface area (Å²) < 4.78 is 7.52. The number of nitrogens with one attached hydrogen (secondary N) is 1. The molecular formula is C16H22ClN3O2. The smallest absolute Gasteiger partial charge is 0.123 e. The quantitative estimate of drug-likeness (QED) is 0.781. The SMILES string of the molecule is Cn1c(CNCC(O)COCC2CC2)nc2cc(Cl)ccc21. The highest BCUT2D eigenvalue weighted by Crippen LogP contribution is 2.28. The molecular weight excluding hydrogens is 302 g/mol. The molecule has 6 heteroatoms. The van der Waals surface area contributed by atoms with E-state index in [0.29, 0.717) is 24.7 Å². The number of ether oxygens (including phenoxy) is 1. The lowest BCUT2D eigenvalue weighted by Crippen LogP contribution is -2.31. The van der Waals surface area contributed by atoms with Gasteiger partial charge in [-0.1, -0.05) is 11.6 Å². The lowest BCUT2D eigenvalue weighted by Gasteiger charge is -2.12. The van der Waals surface area contributed by atoms with E-state index in [1.165, 1.54) is 12.8 Å². The maximum absolute atomic E-state index is 9.87. The predicted octanol–water partition coefficient (Wildman–Crippen LogP) is 2.10. The van der Waals surface area contributed by atoms with Crippen molar-refractivity contribution in [2.24, 2.45) is 13.0 Å². The van der Waals surface area contributed by atoms with Crippen LogP contribution in [0.4, 0.5) is 0 Å². The van der Waals surface area contributed by atoms with Crippen molar-refractivity contribution in [3.63, 3.8) is 0 Å². The van der Waals surface area contributed by atoms with Gasteiger partial charge in [0.1, 0.15) is 5.82 Å². The summed E-state index contributed by atoms with van der Waals surface area (Å²) in [7, 11) is 1.98. The van der Waals surface area contributed by atoms with Crippen LogP contribution >= 0.6 is 11.6 Å². The Morgan fingerprint density at radius 2 is 2.32 bits per heavy atom. The molecule has 1 aromatic heterocycles. The standard InChI is InChI=1S/C16H22ClN3O2/c1-20-15-5-4-12(17)6-14(15)19-16(20)8-18-7-13(21)10-22-9-11-2-3-11/h4-6,11,13,18,21H,2-3,7-10H2,1H3. The molecule has 120 valence electrons. The largest absolute Gasteiger partial charge is 0.389 e. The van der Waals surface area contributed by atoms with Crippen LogP contribution in [0, 0.1) is 5.92 Å². The van der Waals surface area contributed by atoms with E-state index in [4.69, 9.17) is 16.3 Å². The van der Waals surface area contributed by atoms with Crippen LogP contribution in [0.15, 0.2) is 18.2 Å². The Balaban J connectivity index is 1.47. The van der Waals surface area contributed by atoms with E-state index in [9.17, 15) is 5.11 Å². The summed E-state index contributed by atoms with van der Waals surface area (Å²) in [5.41, 5.74) is 1.94. The Labute approximate surface area is 135 Å². The van der Waals surface area contributed by atoms with E-state index in [2.05, 4.69) is 10.3 Å². The molecule has 0 spiro atoms. The van der Waals surface area contributed by atoms with E-state index in [1.54, 1.807) is 0 Å². The van der Waals surface area contributed by atoms with Crippen LogP contribution in [0.2, 0.25) is 5.02 Å². The number of rotatable bonds is 8. The number of aryl methyl sites for hydroxylation is 1. The first-order chi connectivity index (χ1) is 10.6. The number of halogens is 1. The highest BCUT2D eigenvalue weighted by atomic mass is 35.5. The normalized spacial score (nSPS) is 16.3. The maximum atomic E-state index is 9.87. The third-order valence-electron chi connectivity index (χ3n) is 3.96. The molecule has 1 atom stereocenters. The van der Waals surface area contributed by atoms with Crippen molar-refractivity contribution in [1.82, 2.24) is 14.9 Å². The number of benzene rings is 1. The Morgan fingerprint density at radius 3 is 3.09 bits per heavy atom. The maximum Gasteiger partial charge on any atom is 0.123 e. The first-order valence-corrected chi connectivity index (χ1v) is 8.08. The predicted molar refractivity (Wildman–Crippen MR) is 87.0 cm³/mol. The number of imidazole rings is 1. The Kier molecular flexibility index (Phi) is 4.98. The lowest BCUT2D eigenvalue weighted by molar-refractivity contribution is 0.0323. The van der Waals surface area contributed by atoms with Crippen LogP contribution in [0.25, 0.3) is 11.0 Å². The van der Waals surface area contributed by atoms with Gasteiger partial charge in [0.15, 0.2) is 0 Å². The third kappa shape index (κ3) is 3.98. The topological polar surface area (TPSA) is 59.3 Å². The van der Waals surface area contributed by atoms with Gasteiger partial charge in [0.05, 0.1) is 30.3 Å². The molecule has 0 aliphatic heterocycles. The van der Waals surface area contributed by atoms with Crippen molar-refractivity contribution in [2.45, 2.75) is 25.5 Å². The third-order valence-corrected chi connectivity index (χ3v) is 4.19. The molecule has 1 aromatic carbocycles. The first-order valence-electron chi connectivity index (χ1n) is 7.71. The van der Waals surface area contributed by atoms with Crippen molar-refractivity contribution in [2.75, 3.05) is 19.8 Å². The second kappa shape index (κ2) is 6.96. The van der Waals surface area contributed by atoms with Crippen molar-refractivity contribution < 1.29 is 9.84 Å². The van der Waals surface area contributed by atoms with Crippen molar-refractivity contribution in [1.29, 1.82) is 0 Å². The summed E-state index contributed by atoms with van der Waals surface area (Å²) in [5.74, 6) is 1.65. The minimum atomic E-state index is -0.483. The monoisotopic (exact) mass is 323 g/mol. The minimum absolute atomic E-state index is 0.391. The summed E-state index contributed by atoms with van der Waals surface area (Å²) in [4.78, 5) is 4.57. The van der Waals surface area contributed by atoms with Gasteiger partial charge in [-0.2, -0.15) is 0 Å². The number of hydrogen-bond acceptors (Lipinski definition) is 4. The van der Waals surface area contributed by atoms with Crippen LogP contribution in [0.3, 0.4) is 0 Å². The first kappa shape index (κ1) is 15.7. The summed E-state index contributed by atoms with van der Waals surface area (Å²) in [6.07, 6.45) is 2.05. The van der Waals surface area contributed by atoms with Crippen LogP contribution in [-0.2, 0) is 18.3 Å². The highest BCUT2D eigenvalue weighted by Gasteiger charge is 2.21. The van der Waals surface area contributed by atoms with Gasteiger partial charge in [0.2, 0.25) is 0 Å². The van der Waals surface area contributed by atoms with Crippen molar-refractivity contribution >= 4 is 22.6 Å². The average molecular weight is 324 g/mol. The van der Waals surface area contributed by atoms with E-state index in [-0.39, 0.29) is 0 Å². The van der Waals surface area contributed by atoms with Gasteiger partial charge in [0.25, 0.3) is 0 Å². The molecule has 0 radical (unpaired) electrons. The molecule has 22 heavy (non-hydrogen) atoms. The summed E-state index contributed by atoms with van der Waals surface area (Å²) in [5, 5.41) is 13.8. The molecule has 0 saturated heterocycles. The molecule has 1 fully saturated rings. The van der Waals surface area contributed by atoms with Crippen LogP contribution in [-0.4, -0.2) is 40.5 Å². The second-order valence-corrected chi connectivity index (χ2v) is 6.42. The Morgan fingerprint density at radius 1 is 1.50 bits per heavy atom. The molecule has 1 unspecified atom stereocenters. The van der Waals surface area contributed by atoms with Crippen molar-refractivity contribution in [3.8, 4) is 0 Å². The molecule has 0 amide bonds. The number of fused-ring (bicyclic) bond motifs is 1. The molecule has 5 nitrogen and oxygen atoms in total. The molecule has 1 aliphatic rings.